The third-order valence-electron chi connectivity index (χ3n) is 4.02. The summed E-state index contributed by atoms with van der Waals surface area (Å²) in [7, 11) is 0. The number of nitrogens with zero attached hydrogens (tertiary/aromatic N) is 1. The average molecular weight is 355 g/mol. The first-order valence-corrected chi connectivity index (χ1v) is 8.34. The fourth-order valence-electron chi connectivity index (χ4n) is 2.58. The lowest BCUT2D eigenvalue weighted by molar-refractivity contribution is 0.0948. The number of halogens is 1. The number of phenolic OH excluding ortho intramolecular Hbond substituents is 1. The van der Waals surface area contributed by atoms with Gasteiger partial charge in [-0.05, 0) is 63.0 Å². The third-order valence-corrected chi connectivity index (χ3v) is 4.51. The highest BCUT2D eigenvalue weighted by molar-refractivity contribution is 9.10. The number of rotatable bonds is 5. The Kier molecular flexibility index (Phi) is 6.06. The van der Waals surface area contributed by atoms with Crippen LogP contribution < -0.4 is 5.32 Å². The zero-order chi connectivity index (χ0) is 15.2. The molecule has 1 heterocycles. The van der Waals surface area contributed by atoms with Crippen molar-refractivity contribution >= 4 is 21.8 Å². The van der Waals surface area contributed by atoms with Crippen molar-refractivity contribution in [2.24, 2.45) is 5.92 Å². The van der Waals surface area contributed by atoms with Gasteiger partial charge in [0, 0.05) is 11.0 Å². The van der Waals surface area contributed by atoms with E-state index in [1.165, 1.54) is 32.0 Å². The van der Waals surface area contributed by atoms with Crippen molar-refractivity contribution in [3.05, 3.63) is 28.2 Å². The maximum absolute atomic E-state index is 12.0. The van der Waals surface area contributed by atoms with Gasteiger partial charge >= 0.3 is 0 Å². The summed E-state index contributed by atoms with van der Waals surface area (Å²) in [6.45, 7) is 6.30. The first-order chi connectivity index (χ1) is 10.1. The second kappa shape index (κ2) is 7.80. The number of amides is 1. The van der Waals surface area contributed by atoms with Crippen LogP contribution in [0.25, 0.3) is 0 Å². The lowest BCUT2D eigenvalue weighted by Gasteiger charge is -2.30. The maximum atomic E-state index is 12.0. The zero-order valence-electron chi connectivity index (χ0n) is 12.4. The van der Waals surface area contributed by atoms with E-state index in [0.717, 1.165) is 23.4 Å². The van der Waals surface area contributed by atoms with Crippen molar-refractivity contribution in [2.45, 2.75) is 26.2 Å². The number of hydrogen-bond donors (Lipinski definition) is 2. The molecule has 21 heavy (non-hydrogen) atoms. The highest BCUT2D eigenvalue weighted by atomic mass is 79.9. The van der Waals surface area contributed by atoms with Crippen LogP contribution in [0.1, 0.15) is 36.5 Å². The Labute approximate surface area is 134 Å². The SMILES string of the molecule is CC1CCN(CCCNC(=O)c2cc(Br)ccc2O)CC1. The second-order valence-corrected chi connectivity index (χ2v) is 6.71. The molecular weight excluding hydrogens is 332 g/mol. The van der Waals surface area contributed by atoms with Crippen LogP contribution in [0.3, 0.4) is 0 Å². The summed E-state index contributed by atoms with van der Waals surface area (Å²) in [5, 5.41) is 12.6. The topological polar surface area (TPSA) is 52.6 Å². The van der Waals surface area contributed by atoms with Gasteiger partial charge < -0.3 is 15.3 Å². The van der Waals surface area contributed by atoms with Crippen molar-refractivity contribution in [1.29, 1.82) is 0 Å². The molecule has 2 rings (SSSR count). The zero-order valence-corrected chi connectivity index (χ0v) is 14.0. The van der Waals surface area contributed by atoms with E-state index in [2.05, 4.69) is 33.1 Å². The van der Waals surface area contributed by atoms with Gasteiger partial charge in [0.2, 0.25) is 0 Å². The number of aromatic hydroxyl groups is 1. The molecule has 1 aliphatic heterocycles. The van der Waals surface area contributed by atoms with Crippen LogP contribution in [0, 0.1) is 5.92 Å². The number of likely N-dealkylation sites (tertiary alicyclic amines) is 1. The van der Waals surface area contributed by atoms with Crippen molar-refractivity contribution < 1.29 is 9.90 Å². The minimum absolute atomic E-state index is 0.0146. The van der Waals surface area contributed by atoms with Crippen molar-refractivity contribution in [3.63, 3.8) is 0 Å². The number of benzene rings is 1. The van der Waals surface area contributed by atoms with Gasteiger partial charge in [-0.15, -0.1) is 0 Å². The van der Waals surface area contributed by atoms with Crippen LogP contribution >= 0.6 is 15.9 Å². The number of carbonyl (C=O) groups excluding carboxylic acids is 1. The van der Waals surface area contributed by atoms with E-state index in [1.54, 1.807) is 12.1 Å². The molecule has 0 atom stereocenters. The van der Waals surface area contributed by atoms with Gasteiger partial charge in [-0.1, -0.05) is 22.9 Å². The number of piperidine rings is 1. The lowest BCUT2D eigenvalue weighted by atomic mass is 9.99. The Morgan fingerprint density at radius 2 is 2.14 bits per heavy atom. The van der Waals surface area contributed by atoms with Gasteiger partial charge in [-0.25, -0.2) is 0 Å². The number of hydrogen-bond acceptors (Lipinski definition) is 3. The summed E-state index contributed by atoms with van der Waals surface area (Å²) >= 11 is 3.31. The first kappa shape index (κ1) is 16.3. The van der Waals surface area contributed by atoms with E-state index in [1.807, 2.05) is 0 Å². The Bertz CT molecular complexity index is 485. The van der Waals surface area contributed by atoms with E-state index in [9.17, 15) is 9.90 Å². The summed E-state index contributed by atoms with van der Waals surface area (Å²) < 4.78 is 0.785. The normalized spacial score (nSPS) is 16.9. The molecule has 116 valence electrons. The van der Waals surface area contributed by atoms with Crippen LogP contribution in [0.5, 0.6) is 5.75 Å². The molecule has 0 unspecified atom stereocenters. The Morgan fingerprint density at radius 1 is 1.43 bits per heavy atom. The molecule has 4 nitrogen and oxygen atoms in total. The Morgan fingerprint density at radius 3 is 2.86 bits per heavy atom. The molecule has 1 aliphatic rings. The summed E-state index contributed by atoms with van der Waals surface area (Å²) in [6, 6.07) is 4.87. The Balaban J connectivity index is 1.71. The molecule has 1 saturated heterocycles. The third kappa shape index (κ3) is 5.00. The molecule has 1 amide bonds. The summed E-state index contributed by atoms with van der Waals surface area (Å²) in [4.78, 5) is 14.5. The molecule has 0 radical (unpaired) electrons. The van der Waals surface area contributed by atoms with E-state index < -0.39 is 0 Å². The largest absolute Gasteiger partial charge is 0.507 e. The van der Waals surface area contributed by atoms with Crippen LogP contribution in [0.2, 0.25) is 0 Å². The van der Waals surface area contributed by atoms with E-state index in [-0.39, 0.29) is 11.7 Å². The average Bonchev–Trinajstić information content (AvgIpc) is 2.47. The van der Waals surface area contributed by atoms with E-state index >= 15 is 0 Å². The summed E-state index contributed by atoms with van der Waals surface area (Å²) in [5.41, 5.74) is 0.316. The van der Waals surface area contributed by atoms with Gasteiger partial charge in [-0.3, -0.25) is 4.79 Å². The molecule has 2 N–H and O–H groups in total. The van der Waals surface area contributed by atoms with E-state index in [4.69, 9.17) is 0 Å². The molecule has 5 heteroatoms. The highest BCUT2D eigenvalue weighted by Gasteiger charge is 2.15. The number of phenols is 1. The molecule has 1 aromatic rings. The predicted molar refractivity (Wildman–Crippen MR) is 87.6 cm³/mol. The molecular formula is C16H23BrN2O2. The molecule has 0 spiro atoms. The van der Waals surface area contributed by atoms with Crippen LogP contribution in [-0.2, 0) is 0 Å². The Hall–Kier alpha value is -1.07. The number of nitrogens with one attached hydrogen (secondary N) is 1. The molecule has 1 fully saturated rings. The molecule has 0 aliphatic carbocycles. The molecule has 0 saturated carbocycles. The predicted octanol–water partition coefficient (Wildman–Crippen LogP) is 3.01. The van der Waals surface area contributed by atoms with Crippen molar-refractivity contribution in [2.75, 3.05) is 26.2 Å². The summed E-state index contributed by atoms with van der Waals surface area (Å²) in [6.07, 6.45) is 3.49. The lowest BCUT2D eigenvalue weighted by Crippen LogP contribution is -2.35. The summed E-state index contributed by atoms with van der Waals surface area (Å²) in [5.74, 6) is 0.641. The monoisotopic (exact) mass is 354 g/mol. The van der Waals surface area contributed by atoms with Gasteiger partial charge in [0.1, 0.15) is 5.75 Å². The van der Waals surface area contributed by atoms with Crippen LogP contribution in [0.15, 0.2) is 22.7 Å². The van der Waals surface area contributed by atoms with Crippen LogP contribution in [-0.4, -0.2) is 42.1 Å². The van der Waals surface area contributed by atoms with Crippen molar-refractivity contribution in [3.8, 4) is 5.75 Å². The molecule has 1 aromatic carbocycles. The van der Waals surface area contributed by atoms with Gasteiger partial charge in [0.25, 0.3) is 5.91 Å². The van der Waals surface area contributed by atoms with Gasteiger partial charge in [0.05, 0.1) is 5.56 Å². The van der Waals surface area contributed by atoms with Gasteiger partial charge in [-0.2, -0.15) is 0 Å². The quantitative estimate of drug-likeness (QED) is 0.799. The second-order valence-electron chi connectivity index (χ2n) is 5.80. The smallest absolute Gasteiger partial charge is 0.255 e. The van der Waals surface area contributed by atoms with Gasteiger partial charge in [0.15, 0.2) is 0 Å². The first-order valence-electron chi connectivity index (χ1n) is 7.55. The standard InChI is InChI=1S/C16H23BrN2O2/c1-12-5-9-19(10-6-12)8-2-7-18-16(21)14-11-13(17)3-4-15(14)20/h3-4,11-12,20H,2,5-10H2,1H3,(H,18,21). The minimum atomic E-state index is -0.221. The maximum Gasteiger partial charge on any atom is 0.255 e. The molecule has 0 bridgehead atoms. The highest BCUT2D eigenvalue weighted by Crippen LogP contribution is 2.21. The minimum Gasteiger partial charge on any atom is -0.507 e. The molecule has 0 aromatic heterocycles. The fourth-order valence-corrected chi connectivity index (χ4v) is 2.94. The van der Waals surface area contributed by atoms with E-state index in [0.29, 0.717) is 12.1 Å². The fraction of sp³-hybridized carbons (Fsp3) is 0.562. The van der Waals surface area contributed by atoms with Crippen molar-refractivity contribution in [1.82, 2.24) is 10.2 Å². The van der Waals surface area contributed by atoms with Crippen LogP contribution in [0.4, 0.5) is 0 Å². The number of carbonyl (C=O) groups is 1.